The molecule has 0 spiro atoms. The van der Waals surface area contributed by atoms with Crippen molar-refractivity contribution < 1.29 is 19.0 Å². The first kappa shape index (κ1) is 38.4. The summed E-state index contributed by atoms with van der Waals surface area (Å²) < 4.78 is 17.9. The van der Waals surface area contributed by atoms with Crippen molar-refractivity contribution in [3.8, 4) is 11.5 Å². The van der Waals surface area contributed by atoms with E-state index < -0.39 is 0 Å². The molecule has 0 radical (unpaired) electrons. The van der Waals surface area contributed by atoms with Crippen LogP contribution in [0.4, 0.5) is 22.2 Å². The van der Waals surface area contributed by atoms with E-state index in [0.717, 1.165) is 65.2 Å². The summed E-state index contributed by atoms with van der Waals surface area (Å²) in [6.07, 6.45) is 13.7. The summed E-state index contributed by atoms with van der Waals surface area (Å²) in [7, 11) is 0. The Morgan fingerprint density at radius 1 is 0.720 bits per heavy atom. The number of unbranched alkanes of at least 4 members (excludes halogenated alkanes) is 8. The molecule has 10 heteroatoms. The molecule has 0 amide bonds. The van der Waals surface area contributed by atoms with Gasteiger partial charge in [-0.25, -0.2) is 9.78 Å². The van der Waals surface area contributed by atoms with Crippen molar-refractivity contribution >= 4 is 49.7 Å². The molecule has 1 aromatic heterocycles. The second kappa shape index (κ2) is 20.9. The van der Waals surface area contributed by atoms with Crippen LogP contribution in [0.25, 0.3) is 10.2 Å². The van der Waals surface area contributed by atoms with E-state index in [-0.39, 0.29) is 11.4 Å². The first-order valence-electron chi connectivity index (χ1n) is 17.8. The van der Waals surface area contributed by atoms with Crippen LogP contribution in [0.2, 0.25) is 0 Å². The number of hydrogen-bond donors (Lipinski definition) is 0. The van der Waals surface area contributed by atoms with Gasteiger partial charge in [0.1, 0.15) is 11.5 Å². The highest BCUT2D eigenvalue weighted by Crippen LogP contribution is 2.33. The van der Waals surface area contributed by atoms with Crippen LogP contribution in [0.15, 0.2) is 99.8 Å². The zero-order valence-corrected chi connectivity index (χ0v) is 30.6. The van der Waals surface area contributed by atoms with Crippen LogP contribution >= 0.6 is 11.3 Å². The maximum absolute atomic E-state index is 11.0. The van der Waals surface area contributed by atoms with E-state index in [1.807, 2.05) is 66.7 Å². The molecule has 0 aliphatic rings. The molecule has 0 unspecified atom stereocenters. The summed E-state index contributed by atoms with van der Waals surface area (Å²) in [5.74, 6) is 1.36. The Hall–Kier alpha value is -4.44. The number of rotatable bonds is 23. The minimum absolute atomic E-state index is 0.281. The van der Waals surface area contributed by atoms with Crippen LogP contribution in [0.5, 0.6) is 11.5 Å². The molecule has 9 nitrogen and oxygen atoms in total. The average Bonchev–Trinajstić information content (AvgIpc) is 3.55. The molecule has 0 atom stereocenters. The van der Waals surface area contributed by atoms with Gasteiger partial charge < -0.3 is 14.2 Å². The molecule has 50 heavy (non-hydrogen) atoms. The summed E-state index contributed by atoms with van der Waals surface area (Å²) in [4.78, 5) is 15.6. The quantitative estimate of drug-likeness (QED) is 0.0332. The number of aromatic nitrogens is 1. The molecule has 4 rings (SSSR count). The first-order chi connectivity index (χ1) is 24.3. The molecule has 3 aromatic carbocycles. The normalized spacial score (nSPS) is 11.8. The maximum Gasteiger partial charge on any atom is 0.330 e. The van der Waals surface area contributed by atoms with E-state index >= 15 is 0 Å². The SMILES string of the molecule is C=CC(=O)OCCCCCCCCCCCOc1ccc(/N=N/c2ccc(/N=N/c3nc4ccc(OCCC(C)(C)CC)cc4s3)cc2)cc1. The standard InChI is InChI=1S/C40H51N5O4S/c1-5-38(46)49-28-15-13-11-9-7-8-10-12-14-27-47-34-22-20-33(21-23-34)43-42-31-16-18-32(19-17-31)44-45-39-41-36-25-24-35(30-37(36)50-39)48-29-26-40(3,4)6-2/h5,16-25,30H,1,6-15,26-29H2,2-4H3/b43-42+,45-44+. The fourth-order valence-electron chi connectivity index (χ4n) is 4.92. The second-order valence-corrected chi connectivity index (χ2v) is 14.1. The monoisotopic (exact) mass is 697 g/mol. The summed E-state index contributed by atoms with van der Waals surface area (Å²) in [5, 5.41) is 18.0. The number of carbonyl (C=O) groups excluding carboxylic acids is 1. The molecule has 0 N–H and O–H groups in total. The van der Waals surface area contributed by atoms with Crippen LogP contribution < -0.4 is 9.47 Å². The van der Waals surface area contributed by atoms with Crippen molar-refractivity contribution in [1.29, 1.82) is 0 Å². The van der Waals surface area contributed by atoms with E-state index in [0.29, 0.717) is 30.6 Å². The van der Waals surface area contributed by atoms with Gasteiger partial charge in [0.05, 0.1) is 47.1 Å². The Kier molecular flexibility index (Phi) is 16.1. The lowest BCUT2D eigenvalue weighted by molar-refractivity contribution is -0.137. The largest absolute Gasteiger partial charge is 0.494 e. The van der Waals surface area contributed by atoms with Crippen molar-refractivity contribution in [3.63, 3.8) is 0 Å². The maximum atomic E-state index is 11.0. The predicted molar refractivity (Wildman–Crippen MR) is 203 cm³/mol. The van der Waals surface area contributed by atoms with E-state index in [1.165, 1.54) is 55.9 Å². The lowest BCUT2D eigenvalue weighted by atomic mass is 9.87. The number of esters is 1. The smallest absolute Gasteiger partial charge is 0.330 e. The van der Waals surface area contributed by atoms with E-state index in [2.05, 4.69) is 52.8 Å². The van der Waals surface area contributed by atoms with Gasteiger partial charge in [-0.1, -0.05) is 90.1 Å². The summed E-state index contributed by atoms with van der Waals surface area (Å²) in [6, 6.07) is 21.1. The Labute approximate surface area is 300 Å². The zero-order chi connectivity index (χ0) is 35.4. The molecule has 0 aliphatic heterocycles. The molecule has 0 fully saturated rings. The van der Waals surface area contributed by atoms with Crippen LogP contribution in [0, 0.1) is 5.41 Å². The molecule has 1 heterocycles. The van der Waals surface area contributed by atoms with Gasteiger partial charge in [0.2, 0.25) is 5.13 Å². The van der Waals surface area contributed by atoms with Gasteiger partial charge in [-0.15, -0.1) is 10.2 Å². The Balaban J connectivity index is 1.10. The number of azo groups is 2. The fourth-order valence-corrected chi connectivity index (χ4v) is 5.74. The highest BCUT2D eigenvalue weighted by molar-refractivity contribution is 7.21. The highest BCUT2D eigenvalue weighted by Gasteiger charge is 2.15. The van der Waals surface area contributed by atoms with Gasteiger partial charge in [0.15, 0.2) is 0 Å². The fraction of sp³-hybridized carbons (Fsp3) is 0.450. The third-order valence-corrected chi connectivity index (χ3v) is 9.44. The van der Waals surface area contributed by atoms with Crippen molar-refractivity contribution in [2.24, 2.45) is 25.9 Å². The van der Waals surface area contributed by atoms with Crippen LogP contribution in [-0.4, -0.2) is 30.8 Å². The van der Waals surface area contributed by atoms with Crippen LogP contribution in [0.3, 0.4) is 0 Å². The zero-order valence-electron chi connectivity index (χ0n) is 29.8. The number of nitrogens with zero attached hydrogens (tertiary/aromatic N) is 5. The molecular formula is C40H51N5O4S. The topological polar surface area (TPSA) is 107 Å². The van der Waals surface area contributed by atoms with Gasteiger partial charge in [0, 0.05) is 6.08 Å². The number of hydrogen-bond acceptors (Lipinski definition) is 10. The van der Waals surface area contributed by atoms with Crippen molar-refractivity contribution in [1.82, 2.24) is 4.98 Å². The predicted octanol–water partition coefficient (Wildman–Crippen LogP) is 13.0. The summed E-state index contributed by atoms with van der Waals surface area (Å²) >= 11 is 1.49. The molecule has 0 saturated carbocycles. The lowest BCUT2D eigenvalue weighted by Gasteiger charge is -2.22. The third-order valence-electron chi connectivity index (χ3n) is 8.54. The summed E-state index contributed by atoms with van der Waals surface area (Å²) in [6.45, 7) is 12.0. The van der Waals surface area contributed by atoms with E-state index in [9.17, 15) is 4.79 Å². The first-order valence-corrected chi connectivity index (χ1v) is 18.6. The Morgan fingerprint density at radius 3 is 1.84 bits per heavy atom. The van der Waals surface area contributed by atoms with Gasteiger partial charge in [-0.2, -0.15) is 10.2 Å². The second-order valence-electron chi connectivity index (χ2n) is 13.1. The van der Waals surface area contributed by atoms with Crippen LogP contribution in [-0.2, 0) is 9.53 Å². The highest BCUT2D eigenvalue weighted by atomic mass is 32.1. The molecule has 4 aromatic rings. The molecule has 0 bridgehead atoms. The van der Waals surface area contributed by atoms with E-state index in [1.54, 1.807) is 0 Å². The number of ether oxygens (including phenoxy) is 3. The molecule has 0 saturated heterocycles. The molecule has 266 valence electrons. The average molecular weight is 698 g/mol. The Morgan fingerprint density at radius 2 is 1.24 bits per heavy atom. The minimum atomic E-state index is -0.336. The van der Waals surface area contributed by atoms with Crippen LogP contribution in [0.1, 0.15) is 91.4 Å². The van der Waals surface area contributed by atoms with Gasteiger partial charge >= 0.3 is 5.97 Å². The number of fused-ring (bicyclic) bond motifs is 1. The number of carbonyl (C=O) groups is 1. The van der Waals surface area contributed by atoms with Gasteiger partial charge in [0.25, 0.3) is 0 Å². The lowest BCUT2D eigenvalue weighted by Crippen LogP contribution is -2.14. The number of thiazole rings is 1. The van der Waals surface area contributed by atoms with Gasteiger partial charge in [-0.05, 0) is 91.4 Å². The Bertz CT molecular complexity index is 1670. The minimum Gasteiger partial charge on any atom is -0.494 e. The van der Waals surface area contributed by atoms with Crippen molar-refractivity contribution in [2.75, 3.05) is 19.8 Å². The van der Waals surface area contributed by atoms with E-state index in [4.69, 9.17) is 14.2 Å². The van der Waals surface area contributed by atoms with Crippen molar-refractivity contribution in [3.05, 3.63) is 79.4 Å². The summed E-state index contributed by atoms with van der Waals surface area (Å²) in [5.41, 5.74) is 3.36. The van der Waals surface area contributed by atoms with Gasteiger partial charge in [-0.3, -0.25) is 0 Å². The molecular weight excluding hydrogens is 647 g/mol. The number of benzene rings is 3. The third kappa shape index (κ3) is 14.2. The molecule has 0 aliphatic carbocycles. The van der Waals surface area contributed by atoms with Crippen molar-refractivity contribution in [2.45, 2.75) is 91.4 Å².